The number of anilines is 3. The highest BCUT2D eigenvalue weighted by Crippen LogP contribution is 2.24. The predicted molar refractivity (Wildman–Crippen MR) is 131 cm³/mol. The van der Waals surface area contributed by atoms with Gasteiger partial charge in [-0.3, -0.25) is 14.4 Å². The van der Waals surface area contributed by atoms with Gasteiger partial charge in [-0.2, -0.15) is 0 Å². The molecule has 4 N–H and O–H groups in total. The molecular weight excluding hydrogens is 432 g/mol. The summed E-state index contributed by atoms with van der Waals surface area (Å²) in [5, 5.41) is 6.56. The molecule has 4 rings (SSSR count). The van der Waals surface area contributed by atoms with Crippen LogP contribution in [-0.2, 0) is 4.79 Å². The Morgan fingerprint density at radius 2 is 1.76 bits per heavy atom. The van der Waals surface area contributed by atoms with Crippen molar-refractivity contribution in [1.82, 2.24) is 14.8 Å². The van der Waals surface area contributed by atoms with Crippen LogP contribution >= 0.6 is 0 Å². The number of amides is 3. The molecule has 0 bridgehead atoms. The molecule has 3 amide bonds. The van der Waals surface area contributed by atoms with E-state index in [1.165, 1.54) is 6.20 Å². The maximum absolute atomic E-state index is 12.5. The molecule has 9 nitrogen and oxygen atoms in total. The van der Waals surface area contributed by atoms with Gasteiger partial charge in [-0.25, -0.2) is 4.98 Å². The Morgan fingerprint density at radius 3 is 2.44 bits per heavy atom. The molecule has 9 heteroatoms. The largest absolute Gasteiger partial charge is 0.384 e. The second kappa shape index (κ2) is 10.5. The monoisotopic (exact) mass is 464 g/mol. The Hall–Kier alpha value is -3.62. The summed E-state index contributed by atoms with van der Waals surface area (Å²) in [5.41, 5.74) is 7.93. The summed E-state index contributed by atoms with van der Waals surface area (Å²) in [7, 11) is 0. The van der Waals surface area contributed by atoms with Crippen LogP contribution in [-0.4, -0.2) is 65.2 Å². The Labute approximate surface area is 199 Å². The molecule has 1 atom stereocenters. The van der Waals surface area contributed by atoms with Crippen LogP contribution in [0.4, 0.5) is 17.2 Å². The van der Waals surface area contributed by atoms with E-state index in [0.717, 1.165) is 51.0 Å². The van der Waals surface area contributed by atoms with Gasteiger partial charge in [-0.1, -0.05) is 0 Å². The van der Waals surface area contributed by atoms with Crippen molar-refractivity contribution < 1.29 is 14.4 Å². The number of benzene rings is 1. The van der Waals surface area contributed by atoms with Crippen LogP contribution in [0.3, 0.4) is 0 Å². The van der Waals surface area contributed by atoms with E-state index in [9.17, 15) is 14.4 Å². The number of nitrogens with two attached hydrogens (primary N) is 1. The molecule has 34 heavy (non-hydrogen) atoms. The zero-order valence-electron chi connectivity index (χ0n) is 19.5. The van der Waals surface area contributed by atoms with Gasteiger partial charge >= 0.3 is 0 Å². The minimum absolute atomic E-state index is 0.0607. The molecule has 0 spiro atoms. The highest BCUT2D eigenvalue weighted by atomic mass is 16.2. The van der Waals surface area contributed by atoms with Gasteiger partial charge in [0.1, 0.15) is 5.82 Å². The maximum Gasteiger partial charge on any atom is 0.253 e. The van der Waals surface area contributed by atoms with E-state index in [0.29, 0.717) is 41.6 Å². The number of hydrogen-bond acceptors (Lipinski definition) is 6. The molecule has 3 heterocycles. The van der Waals surface area contributed by atoms with E-state index in [1.807, 2.05) is 34.1 Å². The van der Waals surface area contributed by atoms with Crippen LogP contribution in [0.25, 0.3) is 0 Å². The van der Waals surface area contributed by atoms with Crippen molar-refractivity contribution in [3.8, 4) is 0 Å². The van der Waals surface area contributed by atoms with Crippen molar-refractivity contribution in [3.63, 3.8) is 0 Å². The predicted octanol–water partition coefficient (Wildman–Crippen LogP) is 2.83. The lowest BCUT2D eigenvalue weighted by Crippen LogP contribution is -2.40. The lowest BCUT2D eigenvalue weighted by molar-refractivity contribution is -0.130. The maximum atomic E-state index is 12.5. The third-order valence-corrected chi connectivity index (χ3v) is 6.51. The number of aromatic nitrogens is 1. The normalized spacial score (nSPS) is 18.0. The van der Waals surface area contributed by atoms with Crippen molar-refractivity contribution in [2.45, 2.75) is 32.6 Å². The number of hydrogen-bond donors (Lipinski definition) is 3. The number of likely N-dealkylation sites (tertiary alicyclic amines) is 2. The number of pyridine rings is 1. The van der Waals surface area contributed by atoms with Gasteiger partial charge in [0.05, 0.1) is 11.3 Å². The number of primary amides is 1. The number of carbonyl (C=O) groups is 3. The van der Waals surface area contributed by atoms with Crippen LogP contribution in [0.1, 0.15) is 53.3 Å². The summed E-state index contributed by atoms with van der Waals surface area (Å²) in [5.74, 6) is 0.445. The van der Waals surface area contributed by atoms with Gasteiger partial charge in [-0.15, -0.1) is 0 Å². The van der Waals surface area contributed by atoms with E-state index in [4.69, 9.17) is 5.73 Å². The van der Waals surface area contributed by atoms with Crippen molar-refractivity contribution in [2.24, 2.45) is 11.7 Å². The Bertz CT molecular complexity index is 1050. The fraction of sp³-hybridized carbons (Fsp3) is 0.440. The summed E-state index contributed by atoms with van der Waals surface area (Å²) in [6.07, 6.45) is 5.56. The molecular formula is C25H32N6O3. The van der Waals surface area contributed by atoms with Crippen molar-refractivity contribution in [3.05, 3.63) is 47.7 Å². The van der Waals surface area contributed by atoms with Crippen molar-refractivity contribution >= 4 is 34.9 Å². The summed E-state index contributed by atoms with van der Waals surface area (Å²) in [4.78, 5) is 44.3. The lowest BCUT2D eigenvalue weighted by atomic mass is 9.97. The van der Waals surface area contributed by atoms with Crippen molar-refractivity contribution in [1.29, 1.82) is 0 Å². The van der Waals surface area contributed by atoms with E-state index in [1.54, 1.807) is 13.0 Å². The topological polar surface area (TPSA) is 121 Å². The zero-order valence-corrected chi connectivity index (χ0v) is 19.5. The highest BCUT2D eigenvalue weighted by molar-refractivity contribution is 5.98. The van der Waals surface area contributed by atoms with E-state index < -0.39 is 5.91 Å². The number of nitrogens with one attached hydrogen (secondary N) is 2. The number of nitrogens with zero attached hydrogens (tertiary/aromatic N) is 3. The molecule has 0 saturated carbocycles. The first-order chi connectivity index (χ1) is 16.4. The molecule has 0 aliphatic carbocycles. The smallest absolute Gasteiger partial charge is 0.253 e. The van der Waals surface area contributed by atoms with Crippen LogP contribution in [0.5, 0.6) is 0 Å². The first kappa shape index (κ1) is 23.5. The highest BCUT2D eigenvalue weighted by Gasteiger charge is 2.22. The first-order valence-electron chi connectivity index (χ1n) is 11.9. The zero-order chi connectivity index (χ0) is 24.1. The first-order valence-corrected chi connectivity index (χ1v) is 11.9. The average molecular weight is 465 g/mol. The van der Waals surface area contributed by atoms with E-state index in [-0.39, 0.29) is 11.8 Å². The van der Waals surface area contributed by atoms with Crippen LogP contribution in [0.15, 0.2) is 36.5 Å². The van der Waals surface area contributed by atoms with Crippen molar-refractivity contribution in [2.75, 3.05) is 43.4 Å². The van der Waals surface area contributed by atoms with Gasteiger partial charge in [0.15, 0.2) is 0 Å². The fourth-order valence-corrected chi connectivity index (χ4v) is 4.59. The Morgan fingerprint density at radius 1 is 1.06 bits per heavy atom. The summed E-state index contributed by atoms with van der Waals surface area (Å²) >= 11 is 0. The molecule has 2 aromatic rings. The molecule has 2 aliphatic heterocycles. The summed E-state index contributed by atoms with van der Waals surface area (Å²) < 4.78 is 0. The third-order valence-electron chi connectivity index (χ3n) is 6.51. The Kier molecular flexibility index (Phi) is 7.30. The van der Waals surface area contributed by atoms with Gasteiger partial charge in [0.2, 0.25) is 5.91 Å². The van der Waals surface area contributed by atoms with E-state index in [2.05, 4.69) is 15.6 Å². The average Bonchev–Trinajstić information content (AvgIpc) is 3.38. The second-order valence-corrected chi connectivity index (χ2v) is 9.04. The number of rotatable bonds is 7. The molecule has 180 valence electrons. The van der Waals surface area contributed by atoms with Gasteiger partial charge < -0.3 is 26.2 Å². The molecule has 0 radical (unpaired) electrons. The molecule has 2 fully saturated rings. The minimum atomic E-state index is -0.555. The molecule has 1 aromatic heterocycles. The number of piperidine rings is 1. The third kappa shape index (κ3) is 5.65. The van der Waals surface area contributed by atoms with Crippen LogP contribution < -0.4 is 16.4 Å². The van der Waals surface area contributed by atoms with Gasteiger partial charge in [0.25, 0.3) is 11.8 Å². The molecule has 2 aliphatic rings. The van der Waals surface area contributed by atoms with Gasteiger partial charge in [0, 0.05) is 63.2 Å². The lowest BCUT2D eigenvalue weighted by Gasteiger charge is -2.32. The van der Waals surface area contributed by atoms with Crippen LogP contribution in [0, 0.1) is 5.92 Å². The molecule has 0 unspecified atom stereocenters. The Balaban J connectivity index is 1.42. The summed E-state index contributed by atoms with van der Waals surface area (Å²) in [6.45, 7) is 5.35. The van der Waals surface area contributed by atoms with E-state index >= 15 is 0 Å². The summed E-state index contributed by atoms with van der Waals surface area (Å²) in [6, 6.07) is 9.07. The second-order valence-electron chi connectivity index (χ2n) is 9.04. The minimum Gasteiger partial charge on any atom is -0.384 e. The number of carbonyl (C=O) groups excluding carboxylic acids is 3. The quantitative estimate of drug-likeness (QED) is 0.579. The SMILES string of the molecule is CC(=O)N1CCC[C@H](CNc2cc(Nc3ccc(C(=O)N4CCCC4)cc3)ncc2C(N)=O)C1. The standard InChI is InChI=1S/C25H32N6O3/c1-17(32)31-12-4-5-18(16-31)14-27-22-13-23(28-15-21(22)24(26)33)29-20-8-6-19(7-9-20)25(34)30-10-2-3-11-30/h6-9,13,15,18H,2-5,10-12,14,16H2,1H3,(H2,26,33)(H2,27,28,29)/t18-/m1/s1. The molecule has 2 saturated heterocycles. The fourth-order valence-electron chi connectivity index (χ4n) is 4.59. The molecule has 1 aromatic carbocycles. The van der Waals surface area contributed by atoms with Crippen LogP contribution in [0.2, 0.25) is 0 Å². The van der Waals surface area contributed by atoms with Gasteiger partial charge in [-0.05, 0) is 55.9 Å².